The molecule has 0 amide bonds. The monoisotopic (exact) mass is 265 g/mol. The number of aromatic nitrogens is 2. The number of aliphatic hydroxyl groups excluding tert-OH is 1. The van der Waals surface area contributed by atoms with Crippen LogP contribution in [-0.4, -0.2) is 39.2 Å². The highest BCUT2D eigenvalue weighted by Crippen LogP contribution is 2.29. The van der Waals surface area contributed by atoms with E-state index in [4.69, 9.17) is 0 Å². The molecule has 2 heterocycles. The van der Waals surface area contributed by atoms with Gasteiger partial charge in [0.2, 0.25) is 0 Å². The Morgan fingerprint density at radius 1 is 1.37 bits per heavy atom. The Labute approximate surface area is 116 Å². The molecule has 1 N–H and O–H groups in total. The van der Waals surface area contributed by atoms with Crippen molar-refractivity contribution in [2.24, 2.45) is 13.0 Å². The molecule has 1 aromatic heterocycles. The summed E-state index contributed by atoms with van der Waals surface area (Å²) in [4.78, 5) is 6.81. The van der Waals surface area contributed by atoms with E-state index in [0.717, 1.165) is 31.8 Å². The molecule has 0 aromatic carbocycles. The van der Waals surface area contributed by atoms with Crippen molar-refractivity contribution in [3.63, 3.8) is 0 Å². The Balaban J connectivity index is 1.78. The third-order valence-electron chi connectivity index (χ3n) is 4.28. The first-order valence-electron chi connectivity index (χ1n) is 7.60. The molecule has 0 spiro atoms. The molecule has 0 saturated carbocycles. The second kappa shape index (κ2) is 7.06. The van der Waals surface area contributed by atoms with E-state index in [0.29, 0.717) is 5.92 Å². The number of piperidine rings is 1. The maximum atomic E-state index is 10.4. The van der Waals surface area contributed by atoms with Crippen LogP contribution in [0.2, 0.25) is 0 Å². The molecule has 4 heteroatoms. The van der Waals surface area contributed by atoms with Gasteiger partial charge in [0.15, 0.2) is 0 Å². The molecule has 108 valence electrons. The Bertz CT molecular complexity index is 369. The van der Waals surface area contributed by atoms with E-state index < -0.39 is 6.10 Å². The van der Waals surface area contributed by atoms with Crippen LogP contribution >= 0.6 is 0 Å². The number of unbranched alkanes of at least 4 members (excludes halogenated alkanes) is 2. The van der Waals surface area contributed by atoms with Gasteiger partial charge in [-0.25, -0.2) is 4.98 Å². The zero-order valence-corrected chi connectivity index (χ0v) is 12.3. The lowest BCUT2D eigenvalue weighted by atomic mass is 9.90. The lowest BCUT2D eigenvalue weighted by Gasteiger charge is -2.34. The van der Waals surface area contributed by atoms with Crippen LogP contribution in [0.15, 0.2) is 12.4 Å². The Morgan fingerprint density at radius 2 is 2.11 bits per heavy atom. The fourth-order valence-corrected chi connectivity index (χ4v) is 2.95. The predicted molar refractivity (Wildman–Crippen MR) is 76.9 cm³/mol. The topological polar surface area (TPSA) is 41.3 Å². The molecule has 1 saturated heterocycles. The van der Waals surface area contributed by atoms with Gasteiger partial charge in [-0.3, -0.25) is 0 Å². The molecular formula is C15H27N3O. The predicted octanol–water partition coefficient (Wildman–Crippen LogP) is 2.36. The normalized spacial score (nSPS) is 19.7. The molecule has 19 heavy (non-hydrogen) atoms. The van der Waals surface area contributed by atoms with Crippen molar-refractivity contribution in [3.8, 4) is 0 Å². The first-order valence-corrected chi connectivity index (χ1v) is 7.60. The summed E-state index contributed by atoms with van der Waals surface area (Å²) in [5, 5.41) is 10.4. The Hall–Kier alpha value is -0.870. The van der Waals surface area contributed by atoms with Crippen molar-refractivity contribution in [2.75, 3.05) is 19.6 Å². The molecule has 1 aliphatic rings. The second-order valence-corrected chi connectivity index (χ2v) is 5.73. The van der Waals surface area contributed by atoms with Crippen LogP contribution in [0, 0.1) is 5.92 Å². The maximum Gasteiger partial charge on any atom is 0.137 e. The fourth-order valence-electron chi connectivity index (χ4n) is 2.95. The SMILES string of the molecule is CCCCCN1CCC(C(O)c2nccn2C)CC1. The number of rotatable bonds is 6. The van der Waals surface area contributed by atoms with Crippen LogP contribution in [0.5, 0.6) is 0 Å². The van der Waals surface area contributed by atoms with E-state index in [1.165, 1.54) is 25.8 Å². The van der Waals surface area contributed by atoms with Gasteiger partial charge in [-0.05, 0) is 44.8 Å². The average Bonchev–Trinajstić information content (AvgIpc) is 2.85. The van der Waals surface area contributed by atoms with Crippen LogP contribution in [0.3, 0.4) is 0 Å². The van der Waals surface area contributed by atoms with Gasteiger partial charge in [-0.15, -0.1) is 0 Å². The number of nitrogens with zero attached hydrogens (tertiary/aromatic N) is 3. The lowest BCUT2D eigenvalue weighted by molar-refractivity contribution is 0.0508. The van der Waals surface area contributed by atoms with Crippen molar-refractivity contribution in [1.82, 2.24) is 14.5 Å². The van der Waals surface area contributed by atoms with E-state index in [1.807, 2.05) is 17.8 Å². The first kappa shape index (κ1) is 14.5. The van der Waals surface area contributed by atoms with Crippen molar-refractivity contribution in [1.29, 1.82) is 0 Å². The van der Waals surface area contributed by atoms with Gasteiger partial charge in [0.25, 0.3) is 0 Å². The van der Waals surface area contributed by atoms with E-state index in [-0.39, 0.29) is 0 Å². The molecule has 1 aliphatic heterocycles. The third kappa shape index (κ3) is 3.80. The molecule has 4 nitrogen and oxygen atoms in total. The Morgan fingerprint density at radius 3 is 2.68 bits per heavy atom. The van der Waals surface area contributed by atoms with Crippen LogP contribution in [0.1, 0.15) is 51.0 Å². The molecule has 0 bridgehead atoms. The first-order chi connectivity index (χ1) is 9.22. The highest BCUT2D eigenvalue weighted by atomic mass is 16.3. The smallest absolute Gasteiger partial charge is 0.137 e. The molecule has 0 aliphatic carbocycles. The quantitative estimate of drug-likeness (QED) is 0.803. The molecule has 1 atom stereocenters. The van der Waals surface area contributed by atoms with Crippen molar-refractivity contribution < 1.29 is 5.11 Å². The summed E-state index contributed by atoms with van der Waals surface area (Å²) in [5.41, 5.74) is 0. The van der Waals surface area contributed by atoms with Crippen molar-refractivity contribution >= 4 is 0 Å². The van der Waals surface area contributed by atoms with Crippen LogP contribution in [0.25, 0.3) is 0 Å². The minimum atomic E-state index is -0.405. The summed E-state index contributed by atoms with van der Waals surface area (Å²) in [6.07, 6.45) is 9.35. The van der Waals surface area contributed by atoms with Gasteiger partial charge in [-0.2, -0.15) is 0 Å². The van der Waals surface area contributed by atoms with Crippen molar-refractivity contribution in [3.05, 3.63) is 18.2 Å². The zero-order valence-electron chi connectivity index (χ0n) is 12.3. The minimum absolute atomic E-state index is 0.364. The molecule has 2 rings (SSSR count). The average molecular weight is 265 g/mol. The van der Waals surface area contributed by atoms with Gasteiger partial charge in [-0.1, -0.05) is 19.8 Å². The van der Waals surface area contributed by atoms with Gasteiger partial charge in [0.05, 0.1) is 0 Å². The van der Waals surface area contributed by atoms with Gasteiger partial charge in [0.1, 0.15) is 11.9 Å². The summed E-state index contributed by atoms with van der Waals surface area (Å²) in [7, 11) is 1.95. The summed E-state index contributed by atoms with van der Waals surface area (Å²) in [6.45, 7) is 5.71. The molecule has 1 fully saturated rings. The van der Waals surface area contributed by atoms with E-state index in [1.54, 1.807) is 6.20 Å². The minimum Gasteiger partial charge on any atom is -0.385 e. The highest BCUT2D eigenvalue weighted by Gasteiger charge is 2.28. The van der Waals surface area contributed by atoms with E-state index in [2.05, 4.69) is 16.8 Å². The van der Waals surface area contributed by atoms with Crippen LogP contribution in [0.4, 0.5) is 0 Å². The number of imidazole rings is 1. The zero-order chi connectivity index (χ0) is 13.7. The van der Waals surface area contributed by atoms with Crippen molar-refractivity contribution in [2.45, 2.75) is 45.1 Å². The number of aliphatic hydroxyl groups is 1. The number of aryl methyl sites for hydroxylation is 1. The molecule has 1 aromatic rings. The lowest BCUT2D eigenvalue weighted by Crippen LogP contribution is -2.36. The van der Waals surface area contributed by atoms with Gasteiger partial charge < -0.3 is 14.6 Å². The van der Waals surface area contributed by atoms with E-state index >= 15 is 0 Å². The van der Waals surface area contributed by atoms with Gasteiger partial charge in [0, 0.05) is 19.4 Å². The molecule has 1 unspecified atom stereocenters. The van der Waals surface area contributed by atoms with Gasteiger partial charge >= 0.3 is 0 Å². The third-order valence-corrected chi connectivity index (χ3v) is 4.28. The molecular weight excluding hydrogens is 238 g/mol. The number of likely N-dealkylation sites (tertiary alicyclic amines) is 1. The summed E-state index contributed by atoms with van der Waals surface area (Å²) >= 11 is 0. The largest absolute Gasteiger partial charge is 0.385 e. The Kier molecular flexibility index (Phi) is 5.40. The summed E-state index contributed by atoms with van der Waals surface area (Å²) in [6, 6.07) is 0. The summed E-state index contributed by atoms with van der Waals surface area (Å²) < 4.78 is 1.93. The number of hydrogen-bond donors (Lipinski definition) is 1. The van der Waals surface area contributed by atoms with Crippen LogP contribution < -0.4 is 0 Å². The van der Waals surface area contributed by atoms with E-state index in [9.17, 15) is 5.11 Å². The van der Waals surface area contributed by atoms with Crippen LogP contribution in [-0.2, 0) is 7.05 Å². The maximum absolute atomic E-state index is 10.4. The second-order valence-electron chi connectivity index (χ2n) is 5.73. The molecule has 0 radical (unpaired) electrons. The highest BCUT2D eigenvalue weighted by molar-refractivity contribution is 4.98. The fraction of sp³-hybridized carbons (Fsp3) is 0.800. The summed E-state index contributed by atoms with van der Waals surface area (Å²) in [5.74, 6) is 1.17. The number of hydrogen-bond acceptors (Lipinski definition) is 3. The standard InChI is InChI=1S/C15H27N3O/c1-3-4-5-9-18-10-6-13(7-11-18)14(19)15-16-8-12-17(15)2/h8,12-14,19H,3-7,9-11H2,1-2H3.